The first-order valence-electron chi connectivity index (χ1n) is 5.10. The van der Waals surface area contributed by atoms with E-state index in [0.717, 1.165) is 17.1 Å². The zero-order chi connectivity index (χ0) is 13.7. The molecule has 2 aliphatic rings. The molecule has 0 spiro atoms. The second-order valence-corrected chi connectivity index (χ2v) is 6.89. The zero-order valence-corrected chi connectivity index (χ0v) is 13.2. The van der Waals surface area contributed by atoms with Crippen molar-refractivity contribution in [2.45, 2.75) is 29.5 Å². The number of hydrogen-bond acceptors (Lipinski definition) is 6. The van der Waals surface area contributed by atoms with Gasteiger partial charge < -0.3 is 14.8 Å². The fourth-order valence-electron chi connectivity index (χ4n) is 2.43. The van der Waals surface area contributed by atoms with Crippen molar-refractivity contribution < 1.29 is 52.7 Å². The van der Waals surface area contributed by atoms with E-state index in [-0.39, 0.29) is 36.0 Å². The third-order valence-corrected chi connectivity index (χ3v) is 6.15. The van der Waals surface area contributed by atoms with Crippen molar-refractivity contribution in [3.8, 4) is 6.07 Å². The monoisotopic (exact) mass is 292 g/mol. The molecule has 1 amide bonds. The predicted molar refractivity (Wildman–Crippen MR) is 56.1 cm³/mol. The van der Waals surface area contributed by atoms with Crippen molar-refractivity contribution in [1.82, 2.24) is 4.90 Å². The van der Waals surface area contributed by atoms with Crippen molar-refractivity contribution >= 4 is 21.7 Å². The molecule has 0 saturated carbocycles. The molecule has 3 atom stereocenters. The Morgan fingerprint density at radius 2 is 2.21 bits per heavy atom. The first kappa shape index (κ1) is 16.2. The second-order valence-electron chi connectivity index (χ2n) is 4.37. The summed E-state index contributed by atoms with van der Waals surface area (Å²) >= 11 is 0. The molecule has 9 heteroatoms. The van der Waals surface area contributed by atoms with E-state index < -0.39 is 37.9 Å². The van der Waals surface area contributed by atoms with E-state index in [1.165, 1.54) is 6.92 Å². The summed E-state index contributed by atoms with van der Waals surface area (Å²) in [5.74, 6) is -2.17. The number of aliphatic carboxylic acids is 1. The van der Waals surface area contributed by atoms with Crippen molar-refractivity contribution in [2.75, 3.05) is 0 Å². The smallest absolute Gasteiger partial charge is 0.548 e. The third-order valence-electron chi connectivity index (χ3n) is 3.45. The maximum Gasteiger partial charge on any atom is 1.00 e. The number of rotatable bonds is 2. The van der Waals surface area contributed by atoms with Crippen LogP contribution in [0.3, 0.4) is 0 Å². The van der Waals surface area contributed by atoms with Crippen LogP contribution in [0, 0.1) is 11.3 Å². The van der Waals surface area contributed by atoms with Gasteiger partial charge in [0.25, 0.3) is 0 Å². The Bertz CT molecular complexity index is 608. The molecule has 0 unspecified atom stereocenters. The Kier molecular flexibility index (Phi) is 4.17. The van der Waals surface area contributed by atoms with Crippen LogP contribution in [0.25, 0.3) is 0 Å². The summed E-state index contributed by atoms with van der Waals surface area (Å²) in [6.45, 7) is 1.18. The number of carbonyl (C=O) groups excluding carboxylic acids is 2. The van der Waals surface area contributed by atoms with Crippen molar-refractivity contribution in [2.24, 2.45) is 0 Å². The molecule has 2 heterocycles. The molecule has 2 aliphatic heterocycles. The van der Waals surface area contributed by atoms with Gasteiger partial charge in [0.15, 0.2) is 9.84 Å². The van der Waals surface area contributed by atoms with Crippen LogP contribution in [0.15, 0.2) is 12.2 Å². The Balaban J connectivity index is 0.00000180. The van der Waals surface area contributed by atoms with E-state index in [2.05, 4.69) is 0 Å². The van der Waals surface area contributed by atoms with Crippen LogP contribution in [-0.4, -0.2) is 41.4 Å². The Morgan fingerprint density at radius 3 is 2.63 bits per heavy atom. The van der Waals surface area contributed by atoms with Crippen molar-refractivity contribution in [3.05, 3.63) is 12.2 Å². The van der Waals surface area contributed by atoms with Gasteiger partial charge in [0.2, 0.25) is 5.91 Å². The van der Waals surface area contributed by atoms with Gasteiger partial charge >= 0.3 is 29.6 Å². The number of nitriles is 1. The van der Waals surface area contributed by atoms with Gasteiger partial charge in [-0.1, -0.05) is 6.08 Å². The van der Waals surface area contributed by atoms with Gasteiger partial charge in [-0.2, -0.15) is 5.26 Å². The zero-order valence-electron chi connectivity index (χ0n) is 10.4. The molecule has 0 aromatic rings. The minimum atomic E-state index is -3.88. The van der Waals surface area contributed by atoms with E-state index in [9.17, 15) is 23.1 Å². The summed E-state index contributed by atoms with van der Waals surface area (Å²) < 4.78 is 22.6. The molecule has 0 aromatic carbocycles. The number of carboxylic acid groups (broad SMARTS) is 1. The average molecular weight is 292 g/mol. The van der Waals surface area contributed by atoms with E-state index in [1.54, 1.807) is 6.07 Å². The second kappa shape index (κ2) is 4.90. The van der Waals surface area contributed by atoms with Gasteiger partial charge in [-0.3, -0.25) is 4.79 Å². The maximum absolute atomic E-state index is 12.2. The number of β-lactam (4-membered cyclic amide) rings is 1. The van der Waals surface area contributed by atoms with Crippen LogP contribution in [0.5, 0.6) is 0 Å². The quantitative estimate of drug-likeness (QED) is 0.285. The van der Waals surface area contributed by atoms with Crippen LogP contribution in [0.1, 0.15) is 13.3 Å². The van der Waals surface area contributed by atoms with Crippen LogP contribution in [-0.2, 0) is 19.4 Å². The van der Waals surface area contributed by atoms with Crippen LogP contribution < -0.4 is 34.7 Å². The van der Waals surface area contributed by atoms with Crippen LogP contribution in [0.2, 0.25) is 0 Å². The number of amides is 1. The number of fused-ring (bicyclic) bond motifs is 1. The SMILES string of the molecule is C[C@]1(/C=C\C#N)[C@H](C(=O)[O-])N2C(=O)C[C@H]2S1(=O)=O.[Na+]. The van der Waals surface area contributed by atoms with Crippen molar-refractivity contribution in [3.63, 3.8) is 0 Å². The van der Waals surface area contributed by atoms with Gasteiger partial charge in [-0.15, -0.1) is 0 Å². The number of hydrogen-bond donors (Lipinski definition) is 0. The van der Waals surface area contributed by atoms with Gasteiger partial charge in [0.05, 0.1) is 24.5 Å². The molecule has 0 bridgehead atoms. The van der Waals surface area contributed by atoms with Gasteiger partial charge in [-0.25, -0.2) is 8.42 Å². The normalized spacial score (nSPS) is 35.2. The largest absolute Gasteiger partial charge is 1.00 e. The van der Waals surface area contributed by atoms with Gasteiger partial charge in [-0.05, 0) is 6.92 Å². The summed E-state index contributed by atoms with van der Waals surface area (Å²) in [5.41, 5.74) is 0. The third kappa shape index (κ3) is 1.92. The molecule has 19 heavy (non-hydrogen) atoms. The molecule has 2 saturated heterocycles. The van der Waals surface area contributed by atoms with Crippen LogP contribution >= 0.6 is 0 Å². The number of allylic oxidation sites excluding steroid dienone is 1. The molecule has 0 aliphatic carbocycles. The minimum absolute atomic E-state index is 0. The molecule has 0 radical (unpaired) electrons. The number of carboxylic acids is 1. The van der Waals surface area contributed by atoms with Crippen LogP contribution in [0.4, 0.5) is 0 Å². The van der Waals surface area contributed by atoms with E-state index in [4.69, 9.17) is 5.26 Å². The molecule has 2 fully saturated rings. The summed E-state index contributed by atoms with van der Waals surface area (Å²) in [5, 5.41) is 18.5. The summed E-state index contributed by atoms with van der Waals surface area (Å²) in [7, 11) is -3.88. The first-order valence-corrected chi connectivity index (χ1v) is 6.65. The fourth-order valence-corrected chi connectivity index (χ4v) is 4.70. The Morgan fingerprint density at radius 1 is 1.63 bits per heavy atom. The Hall–Kier alpha value is -0.880. The predicted octanol–water partition coefficient (Wildman–Crippen LogP) is -5.07. The molecular formula is C10H9N2NaO5S. The topological polar surface area (TPSA) is 118 Å². The Labute approximate surface area is 132 Å². The summed E-state index contributed by atoms with van der Waals surface area (Å²) in [6.07, 6.45) is 1.69. The summed E-state index contributed by atoms with van der Waals surface area (Å²) in [6, 6.07) is 0.0317. The molecule has 0 aromatic heterocycles. The molecule has 0 N–H and O–H groups in total. The standard InChI is InChI=1S/C10H10N2O5S.Na/c1-10(3-2-4-11)8(9(14)15)12-6(13)5-7(12)18(10,16)17;/h2-3,7-8H,5H2,1H3,(H,14,15);/q;+1/p-1/b3-2-;/t7-,8+,10+;/m1./s1. The van der Waals surface area contributed by atoms with E-state index in [1.807, 2.05) is 0 Å². The maximum atomic E-state index is 12.2. The molecule has 7 nitrogen and oxygen atoms in total. The fraction of sp³-hybridized carbons (Fsp3) is 0.500. The summed E-state index contributed by atoms with van der Waals surface area (Å²) in [4.78, 5) is 23.3. The minimum Gasteiger partial charge on any atom is -0.548 e. The molecule has 2 rings (SSSR count). The molecular weight excluding hydrogens is 283 g/mol. The first-order chi connectivity index (χ1) is 8.27. The van der Waals surface area contributed by atoms with Gasteiger partial charge in [0.1, 0.15) is 10.1 Å². The number of nitrogens with zero attached hydrogens (tertiary/aromatic N) is 2. The number of sulfone groups is 1. The van der Waals surface area contributed by atoms with E-state index in [0.29, 0.717) is 0 Å². The van der Waals surface area contributed by atoms with E-state index >= 15 is 0 Å². The van der Waals surface area contributed by atoms with Crippen molar-refractivity contribution in [1.29, 1.82) is 5.26 Å². The number of carbonyl (C=O) groups is 2. The van der Waals surface area contributed by atoms with Gasteiger partial charge in [0, 0.05) is 6.08 Å². The average Bonchev–Trinajstić information content (AvgIpc) is 2.41. The molecule has 96 valence electrons.